The molecule has 2 atom stereocenters. The predicted molar refractivity (Wildman–Crippen MR) is 100 cm³/mol. The third-order valence-electron chi connectivity index (χ3n) is 4.44. The van der Waals surface area contributed by atoms with Gasteiger partial charge in [0.05, 0.1) is 24.6 Å². The summed E-state index contributed by atoms with van der Waals surface area (Å²) >= 11 is 0. The Morgan fingerprint density at radius 3 is 2.54 bits per heavy atom. The second-order valence-corrected chi connectivity index (χ2v) is 6.34. The summed E-state index contributed by atoms with van der Waals surface area (Å²) in [5.74, 6) is -1.98. The van der Waals surface area contributed by atoms with Gasteiger partial charge in [-0.2, -0.15) is 5.10 Å². The standard InChI is InChI=1S/C19H23N3O6/c1-4-11(2)17(19(26)27-3)20-15(23)10-28-16(24)9-14-12-7-5-6-8-13(12)18(25)22-21-14/h5-8,11,17H,4,9-10H2,1-3H3,(H,20,23)(H,22,25)/t11-,17+/m0/s1. The molecule has 2 rings (SSSR count). The highest BCUT2D eigenvalue weighted by atomic mass is 16.5. The molecule has 0 aliphatic heterocycles. The third kappa shape index (κ3) is 5.15. The molecule has 0 aliphatic rings. The number of fused-ring (bicyclic) bond motifs is 1. The van der Waals surface area contributed by atoms with Crippen molar-refractivity contribution in [3.63, 3.8) is 0 Å². The van der Waals surface area contributed by atoms with Crippen LogP contribution in [0.15, 0.2) is 29.1 Å². The van der Waals surface area contributed by atoms with Gasteiger partial charge in [0.25, 0.3) is 11.5 Å². The number of nitrogens with zero attached hydrogens (tertiary/aromatic N) is 1. The second kappa shape index (κ2) is 9.63. The molecular formula is C19H23N3O6. The summed E-state index contributed by atoms with van der Waals surface area (Å²) in [5, 5.41) is 9.69. The lowest BCUT2D eigenvalue weighted by Gasteiger charge is -2.21. The van der Waals surface area contributed by atoms with Gasteiger partial charge >= 0.3 is 11.9 Å². The van der Waals surface area contributed by atoms with Crippen LogP contribution in [0.5, 0.6) is 0 Å². The first-order valence-electron chi connectivity index (χ1n) is 8.86. The molecule has 2 N–H and O–H groups in total. The number of benzene rings is 1. The first kappa shape index (κ1) is 21.1. The van der Waals surface area contributed by atoms with Crippen LogP contribution in [-0.2, 0) is 30.3 Å². The summed E-state index contributed by atoms with van der Waals surface area (Å²) in [6, 6.07) is 5.93. The number of nitrogens with one attached hydrogen (secondary N) is 2. The average Bonchev–Trinajstić information content (AvgIpc) is 2.71. The zero-order valence-corrected chi connectivity index (χ0v) is 16.0. The molecule has 0 radical (unpaired) electrons. The van der Waals surface area contributed by atoms with Crippen molar-refractivity contribution in [2.75, 3.05) is 13.7 Å². The minimum absolute atomic E-state index is 0.135. The Labute approximate surface area is 161 Å². The molecule has 1 amide bonds. The summed E-state index contributed by atoms with van der Waals surface area (Å²) in [6.45, 7) is 3.15. The van der Waals surface area contributed by atoms with E-state index in [1.165, 1.54) is 7.11 Å². The Bertz CT molecular complexity index is 923. The van der Waals surface area contributed by atoms with Crippen molar-refractivity contribution in [1.82, 2.24) is 15.5 Å². The van der Waals surface area contributed by atoms with Crippen molar-refractivity contribution in [2.45, 2.75) is 32.7 Å². The van der Waals surface area contributed by atoms with Crippen LogP contribution >= 0.6 is 0 Å². The molecule has 2 aromatic rings. The van der Waals surface area contributed by atoms with Crippen molar-refractivity contribution in [1.29, 1.82) is 0 Å². The van der Waals surface area contributed by atoms with Crippen LogP contribution in [0.3, 0.4) is 0 Å². The van der Waals surface area contributed by atoms with Crippen LogP contribution in [0, 0.1) is 5.92 Å². The van der Waals surface area contributed by atoms with Crippen LogP contribution in [0.4, 0.5) is 0 Å². The first-order valence-corrected chi connectivity index (χ1v) is 8.86. The average molecular weight is 389 g/mol. The molecule has 0 fully saturated rings. The van der Waals surface area contributed by atoms with Gasteiger partial charge in [0.2, 0.25) is 0 Å². The minimum Gasteiger partial charge on any atom is -0.467 e. The van der Waals surface area contributed by atoms with Crippen LogP contribution in [0.1, 0.15) is 26.0 Å². The van der Waals surface area contributed by atoms with E-state index in [0.717, 1.165) is 0 Å². The van der Waals surface area contributed by atoms with Crippen molar-refractivity contribution in [3.8, 4) is 0 Å². The molecule has 1 aromatic heterocycles. The molecule has 1 aromatic carbocycles. The molecule has 9 nitrogen and oxygen atoms in total. The third-order valence-corrected chi connectivity index (χ3v) is 4.44. The summed E-state index contributed by atoms with van der Waals surface area (Å²) in [7, 11) is 1.24. The predicted octanol–water partition coefficient (Wildman–Crippen LogP) is 0.713. The SMILES string of the molecule is CC[C@H](C)[C@@H](NC(=O)COC(=O)Cc1n[nH]c(=O)c2ccccc12)C(=O)OC. The lowest BCUT2D eigenvalue weighted by Crippen LogP contribution is -2.47. The van der Waals surface area contributed by atoms with E-state index in [4.69, 9.17) is 9.47 Å². The number of ether oxygens (including phenoxy) is 2. The fourth-order valence-corrected chi connectivity index (χ4v) is 2.65. The number of esters is 2. The Hall–Kier alpha value is -3.23. The molecule has 28 heavy (non-hydrogen) atoms. The maximum atomic E-state index is 12.1. The molecule has 1 heterocycles. The number of hydrogen-bond acceptors (Lipinski definition) is 7. The monoisotopic (exact) mass is 389 g/mol. The molecular weight excluding hydrogens is 366 g/mol. The molecule has 0 saturated heterocycles. The lowest BCUT2D eigenvalue weighted by molar-refractivity contribution is -0.150. The van der Waals surface area contributed by atoms with Crippen LogP contribution in [-0.4, -0.2) is 47.8 Å². The summed E-state index contributed by atoms with van der Waals surface area (Å²) in [4.78, 5) is 47.7. The number of aromatic nitrogens is 2. The van der Waals surface area contributed by atoms with Gasteiger partial charge in [-0.3, -0.25) is 14.4 Å². The number of carbonyl (C=O) groups is 3. The highest BCUT2D eigenvalue weighted by molar-refractivity contribution is 5.88. The second-order valence-electron chi connectivity index (χ2n) is 6.34. The highest BCUT2D eigenvalue weighted by Crippen LogP contribution is 2.13. The van der Waals surface area contributed by atoms with E-state index in [1.807, 2.05) is 6.92 Å². The number of amides is 1. The van der Waals surface area contributed by atoms with Gasteiger partial charge in [-0.1, -0.05) is 38.5 Å². The Kier molecular flexibility index (Phi) is 7.25. The van der Waals surface area contributed by atoms with Gasteiger partial charge < -0.3 is 14.8 Å². The number of hydrogen-bond donors (Lipinski definition) is 2. The van der Waals surface area contributed by atoms with Crippen molar-refractivity contribution < 1.29 is 23.9 Å². The summed E-state index contributed by atoms with van der Waals surface area (Å²) in [6.07, 6.45) is 0.446. The van der Waals surface area contributed by atoms with E-state index < -0.39 is 30.5 Å². The summed E-state index contributed by atoms with van der Waals surface area (Å²) < 4.78 is 9.67. The minimum atomic E-state index is -0.814. The summed E-state index contributed by atoms with van der Waals surface area (Å²) in [5.41, 5.74) is -0.0151. The Morgan fingerprint density at radius 1 is 1.21 bits per heavy atom. The van der Waals surface area contributed by atoms with Crippen LogP contribution in [0.2, 0.25) is 0 Å². The highest BCUT2D eigenvalue weighted by Gasteiger charge is 2.27. The quantitative estimate of drug-likeness (QED) is 0.637. The molecule has 9 heteroatoms. The maximum Gasteiger partial charge on any atom is 0.328 e. The van der Waals surface area contributed by atoms with E-state index in [2.05, 4.69) is 15.5 Å². The van der Waals surface area contributed by atoms with E-state index >= 15 is 0 Å². The molecule has 0 aliphatic carbocycles. The van der Waals surface area contributed by atoms with Crippen molar-refractivity contribution in [3.05, 3.63) is 40.3 Å². The van der Waals surface area contributed by atoms with Gasteiger partial charge in [-0.15, -0.1) is 0 Å². The van der Waals surface area contributed by atoms with E-state index in [9.17, 15) is 19.2 Å². The number of carbonyl (C=O) groups excluding carboxylic acids is 3. The fraction of sp³-hybridized carbons (Fsp3) is 0.421. The van der Waals surface area contributed by atoms with E-state index in [1.54, 1.807) is 31.2 Å². The normalized spacial score (nSPS) is 12.8. The largest absolute Gasteiger partial charge is 0.467 e. The van der Waals surface area contributed by atoms with Gasteiger partial charge in [-0.25, -0.2) is 9.89 Å². The van der Waals surface area contributed by atoms with Crippen LogP contribution in [0.25, 0.3) is 10.8 Å². The molecule has 0 spiro atoms. The maximum absolute atomic E-state index is 12.1. The molecule has 0 unspecified atom stereocenters. The first-order chi connectivity index (χ1) is 13.4. The molecule has 0 saturated carbocycles. The van der Waals surface area contributed by atoms with Gasteiger partial charge in [-0.05, 0) is 12.0 Å². The number of aromatic amines is 1. The van der Waals surface area contributed by atoms with Crippen LogP contribution < -0.4 is 10.9 Å². The van der Waals surface area contributed by atoms with Gasteiger partial charge in [0, 0.05) is 5.39 Å². The zero-order valence-electron chi connectivity index (χ0n) is 16.0. The number of methoxy groups -OCH3 is 1. The topological polar surface area (TPSA) is 127 Å². The Balaban J connectivity index is 1.97. The Morgan fingerprint density at radius 2 is 1.89 bits per heavy atom. The van der Waals surface area contributed by atoms with Crippen molar-refractivity contribution >= 4 is 28.6 Å². The zero-order chi connectivity index (χ0) is 20.7. The van der Waals surface area contributed by atoms with E-state index in [-0.39, 0.29) is 17.9 Å². The van der Waals surface area contributed by atoms with Crippen molar-refractivity contribution in [2.24, 2.45) is 5.92 Å². The fourth-order valence-electron chi connectivity index (χ4n) is 2.65. The van der Waals surface area contributed by atoms with Gasteiger partial charge in [0.15, 0.2) is 6.61 Å². The van der Waals surface area contributed by atoms with E-state index in [0.29, 0.717) is 22.9 Å². The number of rotatable bonds is 8. The number of H-pyrrole nitrogens is 1. The smallest absolute Gasteiger partial charge is 0.328 e. The molecule has 150 valence electrons. The lowest BCUT2D eigenvalue weighted by atomic mass is 9.99. The molecule has 0 bridgehead atoms. The van der Waals surface area contributed by atoms with Gasteiger partial charge in [0.1, 0.15) is 6.04 Å².